The highest BCUT2D eigenvalue weighted by Crippen LogP contribution is 2.44. The minimum absolute atomic E-state index is 0.760. The van der Waals surface area contributed by atoms with E-state index in [1.165, 1.54) is 31.2 Å². The molecule has 1 aromatic rings. The monoisotopic (exact) mass is 215 g/mol. The minimum atomic E-state index is 0.760. The van der Waals surface area contributed by atoms with Gasteiger partial charge < -0.3 is 5.32 Å². The Hall–Kier alpha value is -0.820. The van der Waals surface area contributed by atoms with Crippen LogP contribution in [0.2, 0.25) is 0 Å². The summed E-state index contributed by atoms with van der Waals surface area (Å²) in [5.41, 5.74) is 4.71. The Morgan fingerprint density at radius 3 is 2.50 bits per heavy atom. The highest BCUT2D eigenvalue weighted by Gasteiger charge is 2.31. The number of hydrogen-bond acceptors (Lipinski definition) is 1. The van der Waals surface area contributed by atoms with Gasteiger partial charge in [-0.15, -0.1) is 0 Å². The van der Waals surface area contributed by atoms with Gasteiger partial charge in [0.2, 0.25) is 0 Å². The first-order valence-corrected chi connectivity index (χ1v) is 6.55. The zero-order valence-electron chi connectivity index (χ0n) is 10.3. The van der Waals surface area contributed by atoms with E-state index in [1.54, 1.807) is 11.1 Å². The molecule has 2 saturated carbocycles. The predicted octanol–water partition coefficient (Wildman–Crippen LogP) is 3.34. The van der Waals surface area contributed by atoms with Gasteiger partial charge in [0, 0.05) is 6.04 Å². The highest BCUT2D eigenvalue weighted by molar-refractivity contribution is 5.38. The molecular weight excluding hydrogens is 194 g/mol. The van der Waals surface area contributed by atoms with Crippen LogP contribution in [0.4, 0.5) is 0 Å². The molecule has 2 aliphatic carbocycles. The topological polar surface area (TPSA) is 12.0 Å². The van der Waals surface area contributed by atoms with Crippen LogP contribution in [-0.2, 0) is 0 Å². The molecule has 0 atom stereocenters. The molecule has 0 aromatic heterocycles. The summed E-state index contributed by atoms with van der Waals surface area (Å²) in [7, 11) is 2.08. The first-order valence-electron chi connectivity index (χ1n) is 6.55. The maximum Gasteiger partial charge on any atom is 0.00757 e. The second-order valence-corrected chi connectivity index (χ2v) is 5.54. The summed E-state index contributed by atoms with van der Waals surface area (Å²) >= 11 is 0. The largest absolute Gasteiger partial charge is 0.317 e. The molecule has 2 aliphatic rings. The normalized spacial score (nSPS) is 28.9. The van der Waals surface area contributed by atoms with Gasteiger partial charge >= 0.3 is 0 Å². The molecule has 3 rings (SSSR count). The van der Waals surface area contributed by atoms with Crippen molar-refractivity contribution in [1.82, 2.24) is 5.32 Å². The second-order valence-electron chi connectivity index (χ2n) is 5.54. The van der Waals surface area contributed by atoms with E-state index < -0.39 is 0 Å². The van der Waals surface area contributed by atoms with Gasteiger partial charge in [0.1, 0.15) is 0 Å². The van der Waals surface area contributed by atoms with Crippen molar-refractivity contribution in [3.63, 3.8) is 0 Å². The molecule has 0 spiro atoms. The second kappa shape index (κ2) is 3.89. The predicted molar refractivity (Wildman–Crippen MR) is 68.0 cm³/mol. The maximum atomic E-state index is 3.36. The molecular formula is C15H21N. The Labute approximate surface area is 98.3 Å². The highest BCUT2D eigenvalue weighted by atomic mass is 14.9. The SMILES string of the molecule is CNC1CC(c2ccc(C)c(C3CC3)c2)C1. The fraction of sp³-hybridized carbons (Fsp3) is 0.600. The smallest absolute Gasteiger partial charge is 0.00757 e. The summed E-state index contributed by atoms with van der Waals surface area (Å²) in [4.78, 5) is 0. The van der Waals surface area contributed by atoms with Crippen molar-refractivity contribution in [2.75, 3.05) is 7.05 Å². The lowest BCUT2D eigenvalue weighted by molar-refractivity contribution is 0.307. The maximum absolute atomic E-state index is 3.36. The zero-order valence-corrected chi connectivity index (χ0v) is 10.3. The van der Waals surface area contributed by atoms with E-state index >= 15 is 0 Å². The average molecular weight is 215 g/mol. The first-order chi connectivity index (χ1) is 7.78. The van der Waals surface area contributed by atoms with E-state index in [9.17, 15) is 0 Å². The summed E-state index contributed by atoms with van der Waals surface area (Å²) in [6, 6.07) is 7.92. The van der Waals surface area contributed by atoms with E-state index in [-0.39, 0.29) is 0 Å². The zero-order chi connectivity index (χ0) is 11.1. The van der Waals surface area contributed by atoms with E-state index in [0.29, 0.717) is 0 Å². The van der Waals surface area contributed by atoms with Crippen LogP contribution in [0.1, 0.15) is 54.2 Å². The molecule has 2 fully saturated rings. The van der Waals surface area contributed by atoms with Crippen LogP contribution >= 0.6 is 0 Å². The molecule has 1 heteroatoms. The molecule has 1 N–H and O–H groups in total. The number of nitrogens with one attached hydrogen (secondary N) is 1. The molecule has 1 nitrogen and oxygen atoms in total. The number of benzene rings is 1. The molecule has 0 radical (unpaired) electrons. The third kappa shape index (κ3) is 1.78. The molecule has 16 heavy (non-hydrogen) atoms. The lowest BCUT2D eigenvalue weighted by Gasteiger charge is -2.35. The summed E-state index contributed by atoms with van der Waals surface area (Å²) in [5, 5.41) is 3.36. The van der Waals surface area contributed by atoms with Gasteiger partial charge in [-0.05, 0) is 68.2 Å². The fourth-order valence-electron chi connectivity index (χ4n) is 2.87. The quantitative estimate of drug-likeness (QED) is 0.815. The van der Waals surface area contributed by atoms with Gasteiger partial charge in [0.15, 0.2) is 0 Å². The van der Waals surface area contributed by atoms with Gasteiger partial charge in [0.25, 0.3) is 0 Å². The Morgan fingerprint density at radius 1 is 1.12 bits per heavy atom. The van der Waals surface area contributed by atoms with E-state index in [0.717, 1.165) is 17.9 Å². The summed E-state index contributed by atoms with van der Waals surface area (Å²) in [5.74, 6) is 1.70. The Kier molecular flexibility index (Phi) is 2.51. The lowest BCUT2D eigenvalue weighted by Crippen LogP contribution is -2.37. The number of rotatable bonds is 3. The molecule has 0 bridgehead atoms. The van der Waals surface area contributed by atoms with Crippen molar-refractivity contribution in [3.8, 4) is 0 Å². The third-order valence-corrected chi connectivity index (χ3v) is 4.34. The van der Waals surface area contributed by atoms with Gasteiger partial charge in [0.05, 0.1) is 0 Å². The first kappa shape index (κ1) is 10.3. The van der Waals surface area contributed by atoms with Crippen LogP contribution in [0.5, 0.6) is 0 Å². The number of hydrogen-bond donors (Lipinski definition) is 1. The summed E-state index contributed by atoms with van der Waals surface area (Å²) in [6.45, 7) is 2.26. The standard InChI is InChI=1S/C15H21N/c1-10-3-4-12(9-15(10)11-5-6-11)13-7-14(8-13)16-2/h3-4,9,11,13-14,16H,5-8H2,1-2H3. The Bertz CT molecular complexity index is 386. The average Bonchev–Trinajstić information content (AvgIpc) is 3.02. The van der Waals surface area contributed by atoms with Gasteiger partial charge in [-0.25, -0.2) is 0 Å². The van der Waals surface area contributed by atoms with Gasteiger partial charge in [-0.1, -0.05) is 18.2 Å². The van der Waals surface area contributed by atoms with Crippen LogP contribution in [0.15, 0.2) is 18.2 Å². The molecule has 0 amide bonds. The molecule has 86 valence electrons. The van der Waals surface area contributed by atoms with E-state index in [1.807, 2.05) is 0 Å². The molecule has 0 saturated heterocycles. The fourth-order valence-corrected chi connectivity index (χ4v) is 2.87. The third-order valence-electron chi connectivity index (χ3n) is 4.34. The van der Waals surface area contributed by atoms with Gasteiger partial charge in [-0.3, -0.25) is 0 Å². The molecule has 0 aliphatic heterocycles. The van der Waals surface area contributed by atoms with E-state index in [2.05, 4.69) is 37.5 Å². The number of aryl methyl sites for hydroxylation is 1. The van der Waals surface area contributed by atoms with Crippen molar-refractivity contribution in [1.29, 1.82) is 0 Å². The van der Waals surface area contributed by atoms with Crippen molar-refractivity contribution in [3.05, 3.63) is 34.9 Å². The van der Waals surface area contributed by atoms with Crippen molar-refractivity contribution >= 4 is 0 Å². The minimum Gasteiger partial charge on any atom is -0.317 e. The van der Waals surface area contributed by atoms with Gasteiger partial charge in [-0.2, -0.15) is 0 Å². The molecule has 0 heterocycles. The summed E-state index contributed by atoms with van der Waals surface area (Å²) in [6.07, 6.45) is 5.47. The summed E-state index contributed by atoms with van der Waals surface area (Å²) < 4.78 is 0. The van der Waals surface area contributed by atoms with E-state index in [4.69, 9.17) is 0 Å². The van der Waals surface area contributed by atoms with Crippen molar-refractivity contribution in [2.24, 2.45) is 0 Å². The van der Waals surface area contributed by atoms with Crippen molar-refractivity contribution in [2.45, 2.75) is 50.5 Å². The Balaban J connectivity index is 1.78. The van der Waals surface area contributed by atoms with Crippen LogP contribution in [0.3, 0.4) is 0 Å². The molecule has 1 aromatic carbocycles. The lowest BCUT2D eigenvalue weighted by atomic mass is 9.75. The van der Waals surface area contributed by atoms with Crippen LogP contribution in [-0.4, -0.2) is 13.1 Å². The molecule has 0 unspecified atom stereocenters. The van der Waals surface area contributed by atoms with Crippen LogP contribution in [0, 0.1) is 6.92 Å². The van der Waals surface area contributed by atoms with Crippen molar-refractivity contribution < 1.29 is 0 Å². The van der Waals surface area contributed by atoms with Crippen LogP contribution < -0.4 is 5.32 Å². The van der Waals surface area contributed by atoms with Crippen LogP contribution in [0.25, 0.3) is 0 Å². The Morgan fingerprint density at radius 2 is 1.88 bits per heavy atom.